The quantitative estimate of drug-likeness (QED) is 0.914. The van der Waals surface area contributed by atoms with Gasteiger partial charge in [0, 0.05) is 11.3 Å². The van der Waals surface area contributed by atoms with E-state index < -0.39 is 10.0 Å². The standard InChI is InChI=1S/C13H15ClN2O2S2/c1-9(2)13-16-10(8-19-13)7-15-20(17,18)12-6-4-3-5-11(12)14/h3-6,8-9,15H,7H2,1-2H3. The van der Waals surface area contributed by atoms with Crippen LogP contribution in [0.1, 0.15) is 30.5 Å². The monoisotopic (exact) mass is 330 g/mol. The van der Waals surface area contributed by atoms with Crippen molar-refractivity contribution in [3.63, 3.8) is 0 Å². The molecule has 20 heavy (non-hydrogen) atoms. The predicted octanol–water partition coefficient (Wildman–Crippen LogP) is 3.40. The number of benzene rings is 1. The summed E-state index contributed by atoms with van der Waals surface area (Å²) < 4.78 is 26.8. The van der Waals surface area contributed by atoms with E-state index in [0.29, 0.717) is 11.6 Å². The summed E-state index contributed by atoms with van der Waals surface area (Å²) in [5.74, 6) is 0.342. The van der Waals surface area contributed by atoms with Gasteiger partial charge in [0.15, 0.2) is 0 Å². The normalized spacial score (nSPS) is 12.0. The maximum atomic E-state index is 12.1. The van der Waals surface area contributed by atoms with Crippen molar-refractivity contribution in [2.45, 2.75) is 31.2 Å². The van der Waals surface area contributed by atoms with Gasteiger partial charge in [-0.05, 0) is 12.1 Å². The summed E-state index contributed by atoms with van der Waals surface area (Å²) in [7, 11) is -3.62. The van der Waals surface area contributed by atoms with E-state index in [1.165, 1.54) is 17.4 Å². The van der Waals surface area contributed by atoms with Gasteiger partial charge in [0.1, 0.15) is 4.90 Å². The zero-order valence-corrected chi connectivity index (χ0v) is 13.5. The smallest absolute Gasteiger partial charge is 0.242 e. The van der Waals surface area contributed by atoms with Crippen LogP contribution in [0.25, 0.3) is 0 Å². The van der Waals surface area contributed by atoms with E-state index in [2.05, 4.69) is 23.6 Å². The second-order valence-electron chi connectivity index (χ2n) is 4.59. The Bertz CT molecular complexity index is 696. The molecule has 0 bridgehead atoms. The summed E-state index contributed by atoms with van der Waals surface area (Å²) in [6.07, 6.45) is 0. The fourth-order valence-electron chi connectivity index (χ4n) is 1.58. The summed E-state index contributed by atoms with van der Waals surface area (Å²) in [4.78, 5) is 4.47. The van der Waals surface area contributed by atoms with Crippen molar-refractivity contribution < 1.29 is 8.42 Å². The number of nitrogens with one attached hydrogen (secondary N) is 1. The molecule has 0 saturated carbocycles. The SMILES string of the molecule is CC(C)c1nc(CNS(=O)(=O)c2ccccc2Cl)cs1. The minimum Gasteiger partial charge on any atom is -0.245 e. The topological polar surface area (TPSA) is 59.1 Å². The molecule has 0 aliphatic heterocycles. The number of aromatic nitrogens is 1. The van der Waals surface area contributed by atoms with E-state index in [0.717, 1.165) is 5.01 Å². The largest absolute Gasteiger partial charge is 0.245 e. The molecule has 1 N–H and O–H groups in total. The Morgan fingerprint density at radius 3 is 2.65 bits per heavy atom. The Balaban J connectivity index is 2.11. The molecule has 0 fully saturated rings. The van der Waals surface area contributed by atoms with Crippen LogP contribution in [0.5, 0.6) is 0 Å². The van der Waals surface area contributed by atoms with E-state index in [1.54, 1.807) is 18.2 Å². The van der Waals surface area contributed by atoms with Crippen molar-refractivity contribution in [2.75, 3.05) is 0 Å². The molecule has 7 heteroatoms. The number of rotatable bonds is 5. The summed E-state index contributed by atoms with van der Waals surface area (Å²) >= 11 is 7.44. The zero-order chi connectivity index (χ0) is 14.8. The second kappa shape index (κ2) is 6.22. The molecule has 0 atom stereocenters. The van der Waals surface area contributed by atoms with Crippen LogP contribution in [0.2, 0.25) is 5.02 Å². The molecular formula is C13H15ClN2O2S2. The fraction of sp³-hybridized carbons (Fsp3) is 0.308. The van der Waals surface area contributed by atoms with E-state index >= 15 is 0 Å². The minimum absolute atomic E-state index is 0.0842. The Morgan fingerprint density at radius 1 is 1.35 bits per heavy atom. The second-order valence-corrected chi connectivity index (χ2v) is 7.62. The lowest BCUT2D eigenvalue weighted by Gasteiger charge is -2.06. The van der Waals surface area contributed by atoms with Gasteiger partial charge in [-0.15, -0.1) is 11.3 Å². The summed E-state index contributed by atoms with van der Waals surface area (Å²) in [6, 6.07) is 6.36. The van der Waals surface area contributed by atoms with Crippen molar-refractivity contribution >= 4 is 33.0 Å². The number of nitrogens with zero attached hydrogens (tertiary/aromatic N) is 1. The molecule has 0 spiro atoms. The van der Waals surface area contributed by atoms with E-state index in [9.17, 15) is 8.42 Å². The highest BCUT2D eigenvalue weighted by molar-refractivity contribution is 7.89. The number of hydrogen-bond donors (Lipinski definition) is 1. The van der Waals surface area contributed by atoms with Gasteiger partial charge in [0.05, 0.1) is 22.3 Å². The third kappa shape index (κ3) is 3.58. The molecule has 2 aromatic rings. The van der Waals surface area contributed by atoms with E-state index in [-0.39, 0.29) is 16.5 Å². The maximum absolute atomic E-state index is 12.1. The Hall–Kier alpha value is -0.950. The van der Waals surface area contributed by atoms with Crippen molar-refractivity contribution in [1.82, 2.24) is 9.71 Å². The molecule has 1 aromatic carbocycles. The molecular weight excluding hydrogens is 316 g/mol. The Kier molecular flexibility index (Phi) is 4.80. The third-order valence-corrected chi connectivity index (χ3v) is 5.73. The lowest BCUT2D eigenvalue weighted by atomic mass is 10.2. The van der Waals surface area contributed by atoms with Gasteiger partial charge in [-0.1, -0.05) is 37.6 Å². The molecule has 0 unspecified atom stereocenters. The van der Waals surface area contributed by atoms with Crippen LogP contribution in [-0.2, 0) is 16.6 Å². The van der Waals surface area contributed by atoms with Crippen molar-refractivity contribution in [2.24, 2.45) is 0 Å². The van der Waals surface area contributed by atoms with Crippen LogP contribution in [0.3, 0.4) is 0 Å². The van der Waals surface area contributed by atoms with Crippen LogP contribution in [0.15, 0.2) is 34.5 Å². The summed E-state index contributed by atoms with van der Waals surface area (Å²) in [6.45, 7) is 4.27. The van der Waals surface area contributed by atoms with Gasteiger partial charge < -0.3 is 0 Å². The summed E-state index contributed by atoms with van der Waals surface area (Å²) in [5.41, 5.74) is 0.717. The van der Waals surface area contributed by atoms with Crippen LogP contribution in [0.4, 0.5) is 0 Å². The first-order valence-corrected chi connectivity index (χ1v) is 8.82. The molecule has 4 nitrogen and oxygen atoms in total. The predicted molar refractivity (Wildman–Crippen MR) is 81.7 cm³/mol. The number of sulfonamides is 1. The molecule has 0 aliphatic rings. The molecule has 0 saturated heterocycles. The van der Waals surface area contributed by atoms with Crippen LogP contribution in [-0.4, -0.2) is 13.4 Å². The minimum atomic E-state index is -3.62. The number of thiazole rings is 1. The molecule has 1 heterocycles. The maximum Gasteiger partial charge on any atom is 0.242 e. The summed E-state index contributed by atoms with van der Waals surface area (Å²) in [5, 5.41) is 3.07. The van der Waals surface area contributed by atoms with Gasteiger partial charge in [0.25, 0.3) is 0 Å². The van der Waals surface area contributed by atoms with Crippen molar-refractivity contribution in [3.8, 4) is 0 Å². The molecule has 0 amide bonds. The van der Waals surface area contributed by atoms with Crippen LogP contribution < -0.4 is 4.72 Å². The number of halogens is 1. The molecule has 2 rings (SSSR count). The Morgan fingerprint density at radius 2 is 2.05 bits per heavy atom. The van der Waals surface area contributed by atoms with Crippen LogP contribution in [0, 0.1) is 0 Å². The molecule has 0 radical (unpaired) electrons. The van der Waals surface area contributed by atoms with E-state index in [1.807, 2.05) is 5.38 Å². The van der Waals surface area contributed by atoms with Crippen molar-refractivity contribution in [1.29, 1.82) is 0 Å². The first-order valence-electron chi connectivity index (χ1n) is 6.08. The Labute approximate surface area is 127 Å². The fourth-order valence-corrected chi connectivity index (χ4v) is 3.93. The van der Waals surface area contributed by atoms with E-state index in [4.69, 9.17) is 11.6 Å². The lowest BCUT2D eigenvalue weighted by molar-refractivity contribution is 0.580. The average molecular weight is 331 g/mol. The molecule has 108 valence electrons. The zero-order valence-electron chi connectivity index (χ0n) is 11.1. The highest BCUT2D eigenvalue weighted by Gasteiger charge is 2.17. The van der Waals surface area contributed by atoms with Gasteiger partial charge in [-0.3, -0.25) is 0 Å². The van der Waals surface area contributed by atoms with Crippen LogP contribution >= 0.6 is 22.9 Å². The molecule has 0 aliphatic carbocycles. The average Bonchev–Trinajstić information content (AvgIpc) is 2.86. The van der Waals surface area contributed by atoms with Gasteiger partial charge in [-0.2, -0.15) is 0 Å². The highest BCUT2D eigenvalue weighted by atomic mass is 35.5. The molecule has 1 aromatic heterocycles. The van der Waals surface area contributed by atoms with Gasteiger partial charge in [0.2, 0.25) is 10.0 Å². The van der Waals surface area contributed by atoms with Gasteiger partial charge in [-0.25, -0.2) is 18.1 Å². The van der Waals surface area contributed by atoms with Gasteiger partial charge >= 0.3 is 0 Å². The highest BCUT2D eigenvalue weighted by Crippen LogP contribution is 2.22. The first kappa shape index (κ1) is 15.4. The first-order chi connectivity index (χ1) is 9.40. The third-order valence-electron chi connectivity index (χ3n) is 2.63. The van der Waals surface area contributed by atoms with Crippen molar-refractivity contribution in [3.05, 3.63) is 45.4 Å². The lowest BCUT2D eigenvalue weighted by Crippen LogP contribution is -2.23. The number of hydrogen-bond acceptors (Lipinski definition) is 4.